The molecule has 132 valence electrons. The van der Waals surface area contributed by atoms with Crippen molar-refractivity contribution in [2.75, 3.05) is 13.2 Å². The monoisotopic (exact) mass is 347 g/mol. The second kappa shape index (κ2) is 8.78. The van der Waals surface area contributed by atoms with Crippen LogP contribution in [0.5, 0.6) is 0 Å². The molecule has 1 heterocycles. The molecule has 1 amide bonds. The Morgan fingerprint density at radius 1 is 1.08 bits per heavy atom. The first-order valence-corrected chi connectivity index (χ1v) is 8.48. The summed E-state index contributed by atoms with van der Waals surface area (Å²) in [6.45, 7) is 0.688. The van der Waals surface area contributed by atoms with Crippen molar-refractivity contribution in [1.29, 1.82) is 0 Å². The summed E-state index contributed by atoms with van der Waals surface area (Å²) in [5, 5.41) is 13.6. The van der Waals surface area contributed by atoms with Crippen molar-refractivity contribution in [3.63, 3.8) is 0 Å². The van der Waals surface area contributed by atoms with Crippen LogP contribution >= 0.6 is 0 Å². The number of hydrogen-bond donors (Lipinski definition) is 1. The van der Waals surface area contributed by atoms with Crippen LogP contribution in [0, 0.1) is 0 Å². The van der Waals surface area contributed by atoms with Crippen LogP contribution in [-0.4, -0.2) is 38.8 Å². The number of para-hydroxylation sites is 1. The zero-order valence-electron chi connectivity index (χ0n) is 14.4. The molecule has 0 unspecified atom stereocenters. The van der Waals surface area contributed by atoms with Crippen LogP contribution in [0.4, 0.5) is 0 Å². The van der Waals surface area contributed by atoms with E-state index in [2.05, 4.69) is 5.10 Å². The van der Waals surface area contributed by atoms with Gasteiger partial charge in [0, 0.05) is 30.9 Å². The Kier molecular flexibility index (Phi) is 5.96. The fourth-order valence-electron chi connectivity index (χ4n) is 2.61. The van der Waals surface area contributed by atoms with E-state index < -0.39 is 0 Å². The Morgan fingerprint density at radius 3 is 2.46 bits per heavy atom. The van der Waals surface area contributed by atoms with Crippen molar-refractivity contribution < 1.29 is 9.90 Å². The lowest BCUT2D eigenvalue weighted by Crippen LogP contribution is -2.31. The number of carbonyl (C=O) groups is 1. The number of hydrogen-bond acceptors (Lipinski definition) is 3. The average molecular weight is 347 g/mol. The number of nitrogens with zero attached hydrogens (tertiary/aromatic N) is 3. The van der Waals surface area contributed by atoms with Crippen molar-refractivity contribution in [1.82, 2.24) is 14.7 Å². The first kappa shape index (κ1) is 17.6. The third kappa shape index (κ3) is 4.68. The van der Waals surface area contributed by atoms with Gasteiger partial charge in [-0.1, -0.05) is 48.5 Å². The van der Waals surface area contributed by atoms with E-state index in [0.717, 1.165) is 16.8 Å². The lowest BCUT2D eigenvalue weighted by atomic mass is 10.2. The number of aromatic nitrogens is 2. The van der Waals surface area contributed by atoms with E-state index in [9.17, 15) is 9.90 Å². The molecule has 0 saturated carbocycles. The van der Waals surface area contributed by atoms with Crippen LogP contribution in [0.15, 0.2) is 79.1 Å². The molecule has 0 bridgehead atoms. The lowest BCUT2D eigenvalue weighted by Gasteiger charge is -2.20. The molecule has 1 aromatic heterocycles. The van der Waals surface area contributed by atoms with E-state index in [0.29, 0.717) is 13.1 Å². The SMILES string of the molecule is O=C(/C=C/c1cnn(-c2ccccc2)c1)N(CCO)Cc1ccccc1. The third-order valence-electron chi connectivity index (χ3n) is 3.94. The van der Waals surface area contributed by atoms with Gasteiger partial charge in [0.05, 0.1) is 18.5 Å². The smallest absolute Gasteiger partial charge is 0.246 e. The molecule has 1 N–H and O–H groups in total. The molecule has 0 atom stereocenters. The van der Waals surface area contributed by atoms with Gasteiger partial charge in [-0.05, 0) is 23.8 Å². The minimum atomic E-state index is -0.143. The summed E-state index contributed by atoms with van der Waals surface area (Å²) in [6, 6.07) is 19.5. The van der Waals surface area contributed by atoms with E-state index in [-0.39, 0.29) is 12.5 Å². The second-order valence-electron chi connectivity index (χ2n) is 5.86. The van der Waals surface area contributed by atoms with E-state index in [1.807, 2.05) is 66.9 Å². The Morgan fingerprint density at radius 2 is 1.77 bits per heavy atom. The molecule has 0 aliphatic heterocycles. The standard InChI is InChI=1S/C21H21N3O2/c25-14-13-23(16-18-7-3-1-4-8-18)21(26)12-11-19-15-22-24(17-19)20-9-5-2-6-10-20/h1-12,15,17,25H,13-14,16H2/b12-11+. The topological polar surface area (TPSA) is 58.4 Å². The number of carbonyl (C=O) groups excluding carboxylic acids is 1. The van der Waals surface area contributed by atoms with Gasteiger partial charge in [0.1, 0.15) is 0 Å². The Hall–Kier alpha value is -3.18. The predicted molar refractivity (Wildman–Crippen MR) is 102 cm³/mol. The van der Waals surface area contributed by atoms with Gasteiger partial charge < -0.3 is 10.0 Å². The molecule has 3 aromatic rings. The molecule has 26 heavy (non-hydrogen) atoms. The van der Waals surface area contributed by atoms with Gasteiger partial charge in [-0.15, -0.1) is 0 Å². The van der Waals surface area contributed by atoms with Gasteiger partial charge in [0.15, 0.2) is 0 Å². The number of benzene rings is 2. The molecule has 5 nitrogen and oxygen atoms in total. The molecule has 2 aromatic carbocycles. The number of aliphatic hydroxyl groups excluding tert-OH is 1. The van der Waals surface area contributed by atoms with E-state index in [4.69, 9.17) is 0 Å². The minimum Gasteiger partial charge on any atom is -0.395 e. The molecule has 3 rings (SSSR count). The Balaban J connectivity index is 1.68. The summed E-state index contributed by atoms with van der Waals surface area (Å²) >= 11 is 0. The third-order valence-corrected chi connectivity index (χ3v) is 3.94. The highest BCUT2D eigenvalue weighted by atomic mass is 16.3. The maximum atomic E-state index is 12.5. The summed E-state index contributed by atoms with van der Waals surface area (Å²) in [5.74, 6) is -0.143. The van der Waals surface area contributed by atoms with Crippen LogP contribution in [0.3, 0.4) is 0 Å². The molecule has 0 aliphatic rings. The van der Waals surface area contributed by atoms with Crippen LogP contribution in [-0.2, 0) is 11.3 Å². The Labute approximate surface area is 152 Å². The van der Waals surface area contributed by atoms with Gasteiger partial charge in [-0.25, -0.2) is 4.68 Å². The lowest BCUT2D eigenvalue weighted by molar-refractivity contribution is -0.127. The van der Waals surface area contributed by atoms with Gasteiger partial charge in [0.25, 0.3) is 0 Å². The minimum absolute atomic E-state index is 0.0711. The number of rotatable bonds is 7. The number of aliphatic hydroxyl groups is 1. The van der Waals surface area contributed by atoms with Crippen molar-refractivity contribution in [3.05, 3.63) is 90.3 Å². The van der Waals surface area contributed by atoms with Crippen molar-refractivity contribution in [2.45, 2.75) is 6.54 Å². The molecule has 0 saturated heterocycles. The van der Waals surface area contributed by atoms with E-state index in [1.165, 1.54) is 6.08 Å². The first-order valence-electron chi connectivity index (χ1n) is 8.48. The van der Waals surface area contributed by atoms with Gasteiger partial charge >= 0.3 is 0 Å². The van der Waals surface area contributed by atoms with E-state index >= 15 is 0 Å². The van der Waals surface area contributed by atoms with Crippen LogP contribution in [0.1, 0.15) is 11.1 Å². The number of amides is 1. The highest BCUT2D eigenvalue weighted by Crippen LogP contribution is 2.10. The van der Waals surface area contributed by atoms with Gasteiger partial charge in [0.2, 0.25) is 5.91 Å². The van der Waals surface area contributed by atoms with Crippen LogP contribution in [0.25, 0.3) is 11.8 Å². The first-order chi connectivity index (χ1) is 12.8. The zero-order chi connectivity index (χ0) is 18.2. The molecule has 0 aliphatic carbocycles. The van der Waals surface area contributed by atoms with Crippen molar-refractivity contribution in [3.8, 4) is 5.69 Å². The maximum absolute atomic E-state index is 12.5. The molecular weight excluding hydrogens is 326 g/mol. The summed E-state index contributed by atoms with van der Waals surface area (Å²) in [7, 11) is 0. The van der Waals surface area contributed by atoms with Crippen LogP contribution < -0.4 is 0 Å². The quantitative estimate of drug-likeness (QED) is 0.669. The van der Waals surface area contributed by atoms with Crippen molar-refractivity contribution in [2.24, 2.45) is 0 Å². The fraction of sp³-hybridized carbons (Fsp3) is 0.143. The molecule has 0 radical (unpaired) electrons. The Bertz CT molecular complexity index is 857. The van der Waals surface area contributed by atoms with Gasteiger partial charge in [-0.3, -0.25) is 4.79 Å². The summed E-state index contributed by atoms with van der Waals surface area (Å²) < 4.78 is 1.76. The average Bonchev–Trinajstić information content (AvgIpc) is 3.16. The summed E-state index contributed by atoms with van der Waals surface area (Å²) in [6.07, 6.45) is 6.84. The maximum Gasteiger partial charge on any atom is 0.246 e. The zero-order valence-corrected chi connectivity index (χ0v) is 14.4. The summed E-state index contributed by atoms with van der Waals surface area (Å²) in [5.41, 5.74) is 2.83. The molecule has 5 heteroatoms. The fourth-order valence-corrected chi connectivity index (χ4v) is 2.61. The second-order valence-corrected chi connectivity index (χ2v) is 5.86. The van der Waals surface area contributed by atoms with Crippen LogP contribution in [0.2, 0.25) is 0 Å². The van der Waals surface area contributed by atoms with Gasteiger partial charge in [-0.2, -0.15) is 5.10 Å². The van der Waals surface area contributed by atoms with Crippen molar-refractivity contribution >= 4 is 12.0 Å². The largest absolute Gasteiger partial charge is 0.395 e. The highest BCUT2D eigenvalue weighted by molar-refractivity contribution is 5.91. The molecule has 0 spiro atoms. The van der Waals surface area contributed by atoms with E-state index in [1.54, 1.807) is 21.9 Å². The predicted octanol–water partition coefficient (Wildman–Crippen LogP) is 2.91. The normalized spacial score (nSPS) is 11.0. The highest BCUT2D eigenvalue weighted by Gasteiger charge is 2.10. The molecule has 0 fully saturated rings. The molecular formula is C21H21N3O2. The summed E-state index contributed by atoms with van der Waals surface area (Å²) in [4.78, 5) is 14.1.